The van der Waals surface area contributed by atoms with Gasteiger partial charge in [0.2, 0.25) is 0 Å². The van der Waals surface area contributed by atoms with E-state index in [9.17, 15) is 4.79 Å². The van der Waals surface area contributed by atoms with Crippen LogP contribution in [-0.2, 0) is 0 Å². The van der Waals surface area contributed by atoms with Crippen LogP contribution in [0.4, 0.5) is 11.4 Å². The average molecular weight is 442 g/mol. The van der Waals surface area contributed by atoms with Gasteiger partial charge in [0.25, 0.3) is 5.91 Å². The minimum absolute atomic E-state index is 0.136. The lowest BCUT2D eigenvalue weighted by atomic mass is 9.99. The molecule has 1 aliphatic heterocycles. The molecule has 3 aromatic carbocycles. The van der Waals surface area contributed by atoms with E-state index in [0.29, 0.717) is 16.5 Å². The molecule has 0 bridgehead atoms. The molecular formula is C27H24ClN3O. The molecule has 0 aliphatic carbocycles. The number of carbonyl (C=O) groups excluding carboxylic acids is 1. The second-order valence-corrected chi connectivity index (χ2v) is 8.63. The van der Waals surface area contributed by atoms with Crippen LogP contribution in [-0.4, -0.2) is 24.0 Å². The van der Waals surface area contributed by atoms with E-state index in [1.54, 1.807) is 12.1 Å². The Morgan fingerprint density at radius 2 is 1.75 bits per heavy atom. The number of rotatable bonds is 4. The number of pyridine rings is 1. The zero-order valence-electron chi connectivity index (χ0n) is 17.9. The highest BCUT2D eigenvalue weighted by atomic mass is 35.5. The highest BCUT2D eigenvalue weighted by Gasteiger charge is 2.27. The lowest BCUT2D eigenvalue weighted by Gasteiger charge is -2.23. The fourth-order valence-electron chi connectivity index (χ4n) is 4.48. The largest absolute Gasteiger partial charge is 0.369 e. The van der Waals surface area contributed by atoms with Gasteiger partial charge in [-0.15, -0.1) is 0 Å². The van der Waals surface area contributed by atoms with Crippen LogP contribution in [0.5, 0.6) is 0 Å². The molecule has 2 heterocycles. The third-order valence-corrected chi connectivity index (χ3v) is 6.59. The topological polar surface area (TPSA) is 45.2 Å². The summed E-state index contributed by atoms with van der Waals surface area (Å²) in [5, 5.41) is 4.65. The molecule has 1 amide bonds. The van der Waals surface area contributed by atoms with Crippen molar-refractivity contribution < 1.29 is 4.79 Å². The first-order valence-corrected chi connectivity index (χ1v) is 11.2. The number of nitrogens with zero attached hydrogens (tertiary/aromatic N) is 2. The number of nitrogens with one attached hydrogen (secondary N) is 1. The summed E-state index contributed by atoms with van der Waals surface area (Å²) >= 11 is 6.81. The molecule has 4 nitrogen and oxygen atoms in total. The molecule has 1 unspecified atom stereocenters. The Balaban J connectivity index is 1.50. The van der Waals surface area contributed by atoms with Crippen molar-refractivity contribution in [2.45, 2.75) is 19.3 Å². The fourth-order valence-corrected chi connectivity index (χ4v) is 4.75. The van der Waals surface area contributed by atoms with E-state index in [1.807, 2.05) is 43.3 Å². The Hall–Kier alpha value is -3.37. The second kappa shape index (κ2) is 8.64. The van der Waals surface area contributed by atoms with Crippen molar-refractivity contribution in [1.82, 2.24) is 4.98 Å². The van der Waals surface area contributed by atoms with Crippen LogP contribution in [0, 0.1) is 6.92 Å². The van der Waals surface area contributed by atoms with Crippen molar-refractivity contribution >= 4 is 39.8 Å². The molecule has 4 aromatic rings. The molecule has 1 saturated heterocycles. The predicted molar refractivity (Wildman–Crippen MR) is 132 cm³/mol. The van der Waals surface area contributed by atoms with Gasteiger partial charge in [-0.2, -0.15) is 0 Å². The van der Waals surface area contributed by atoms with Gasteiger partial charge in [-0.05, 0) is 49.2 Å². The quantitative estimate of drug-likeness (QED) is 0.396. The summed E-state index contributed by atoms with van der Waals surface area (Å²) in [5.41, 5.74) is 5.41. The third kappa shape index (κ3) is 3.94. The van der Waals surface area contributed by atoms with E-state index in [4.69, 9.17) is 16.6 Å². The van der Waals surface area contributed by atoms with Crippen LogP contribution >= 0.6 is 11.6 Å². The van der Waals surface area contributed by atoms with E-state index >= 15 is 0 Å². The van der Waals surface area contributed by atoms with Crippen LogP contribution in [0.15, 0.2) is 78.9 Å². The summed E-state index contributed by atoms with van der Waals surface area (Å²) in [4.78, 5) is 19.7. The zero-order valence-corrected chi connectivity index (χ0v) is 18.6. The van der Waals surface area contributed by atoms with Crippen molar-refractivity contribution in [3.8, 4) is 0 Å². The van der Waals surface area contributed by atoms with Crippen molar-refractivity contribution in [2.75, 3.05) is 23.3 Å². The molecule has 1 aromatic heterocycles. The van der Waals surface area contributed by atoms with Crippen molar-refractivity contribution in [2.24, 2.45) is 0 Å². The van der Waals surface area contributed by atoms with Crippen LogP contribution in [0.3, 0.4) is 0 Å². The molecule has 160 valence electrons. The molecule has 5 rings (SSSR count). The highest BCUT2D eigenvalue weighted by Crippen LogP contribution is 2.40. The maximum atomic E-state index is 12.6. The summed E-state index contributed by atoms with van der Waals surface area (Å²) in [6, 6.07) is 25.7. The van der Waals surface area contributed by atoms with E-state index in [2.05, 4.69) is 40.5 Å². The Morgan fingerprint density at radius 3 is 2.50 bits per heavy atom. The third-order valence-electron chi connectivity index (χ3n) is 6.13. The summed E-state index contributed by atoms with van der Waals surface area (Å²) in [5.74, 6) is 0.333. The normalized spacial score (nSPS) is 15.8. The molecule has 0 spiro atoms. The number of hydrogen-bond acceptors (Lipinski definition) is 3. The van der Waals surface area contributed by atoms with Crippen molar-refractivity contribution in [3.63, 3.8) is 0 Å². The number of fused-ring (bicyclic) bond motifs is 1. The van der Waals surface area contributed by atoms with Gasteiger partial charge in [0.15, 0.2) is 0 Å². The molecule has 1 fully saturated rings. The summed E-state index contributed by atoms with van der Waals surface area (Å²) < 4.78 is 0. The predicted octanol–water partition coefficient (Wildman–Crippen LogP) is 6.44. The van der Waals surface area contributed by atoms with Gasteiger partial charge in [-0.1, -0.05) is 60.1 Å². The Labute approximate surface area is 192 Å². The summed E-state index contributed by atoms with van der Waals surface area (Å²) in [6.07, 6.45) is 1.08. The standard InChI is InChI=1S/C27H24ClN3O/c1-18-25(28)26(31-15-14-21(17-31)19-8-4-2-5-9-19)23-16-22(12-13-24(23)29-18)30-27(32)20-10-6-3-7-11-20/h2-13,16,21H,14-15,17H2,1H3,(H,30,32). The first-order chi connectivity index (χ1) is 15.6. The Bertz CT molecular complexity index is 1270. The van der Waals surface area contributed by atoms with Gasteiger partial charge >= 0.3 is 0 Å². The molecule has 1 N–H and O–H groups in total. The summed E-state index contributed by atoms with van der Waals surface area (Å²) in [7, 11) is 0. The zero-order chi connectivity index (χ0) is 22.1. The molecule has 1 aliphatic rings. The monoisotopic (exact) mass is 441 g/mol. The molecule has 1 atom stereocenters. The Morgan fingerprint density at radius 1 is 1.03 bits per heavy atom. The smallest absolute Gasteiger partial charge is 0.255 e. The first kappa shape index (κ1) is 20.5. The maximum absolute atomic E-state index is 12.6. The second-order valence-electron chi connectivity index (χ2n) is 8.25. The van der Waals surface area contributed by atoms with Crippen LogP contribution in [0.1, 0.15) is 34.0 Å². The van der Waals surface area contributed by atoms with Gasteiger partial charge < -0.3 is 10.2 Å². The van der Waals surface area contributed by atoms with Gasteiger partial charge in [0.1, 0.15) is 0 Å². The first-order valence-electron chi connectivity index (χ1n) is 10.9. The SMILES string of the molecule is Cc1nc2ccc(NC(=O)c3ccccc3)cc2c(N2CCC(c3ccccc3)C2)c1Cl. The summed E-state index contributed by atoms with van der Waals surface area (Å²) in [6.45, 7) is 3.78. The number of carbonyl (C=O) groups is 1. The van der Waals surface area contributed by atoms with Crippen molar-refractivity contribution in [1.29, 1.82) is 0 Å². The minimum atomic E-state index is -0.136. The number of halogens is 1. The van der Waals surface area contributed by atoms with E-state index < -0.39 is 0 Å². The lowest BCUT2D eigenvalue weighted by molar-refractivity contribution is 0.102. The average Bonchev–Trinajstić information content (AvgIpc) is 3.31. The van der Waals surface area contributed by atoms with Gasteiger partial charge in [0, 0.05) is 35.6 Å². The van der Waals surface area contributed by atoms with E-state index in [-0.39, 0.29) is 5.91 Å². The molecular weight excluding hydrogens is 418 g/mol. The number of amides is 1. The van der Waals surface area contributed by atoms with Crippen molar-refractivity contribution in [3.05, 3.63) is 101 Å². The minimum Gasteiger partial charge on any atom is -0.369 e. The van der Waals surface area contributed by atoms with Crippen LogP contribution < -0.4 is 10.2 Å². The van der Waals surface area contributed by atoms with Gasteiger partial charge in [-0.3, -0.25) is 9.78 Å². The molecule has 0 saturated carbocycles. The Kier molecular flexibility index (Phi) is 5.54. The number of anilines is 2. The molecule has 5 heteroatoms. The lowest BCUT2D eigenvalue weighted by Crippen LogP contribution is -2.20. The van der Waals surface area contributed by atoms with Crippen LogP contribution in [0.25, 0.3) is 10.9 Å². The molecule has 32 heavy (non-hydrogen) atoms. The number of aromatic nitrogens is 1. The highest BCUT2D eigenvalue weighted by molar-refractivity contribution is 6.35. The van der Waals surface area contributed by atoms with Gasteiger partial charge in [-0.25, -0.2) is 0 Å². The number of aryl methyl sites for hydroxylation is 1. The number of hydrogen-bond donors (Lipinski definition) is 1. The molecule has 0 radical (unpaired) electrons. The fraction of sp³-hybridized carbons (Fsp3) is 0.185. The van der Waals surface area contributed by atoms with E-state index in [0.717, 1.165) is 47.5 Å². The van der Waals surface area contributed by atoms with E-state index in [1.165, 1.54) is 5.56 Å². The maximum Gasteiger partial charge on any atom is 0.255 e. The van der Waals surface area contributed by atoms with Crippen LogP contribution in [0.2, 0.25) is 5.02 Å². The van der Waals surface area contributed by atoms with Gasteiger partial charge in [0.05, 0.1) is 21.9 Å². The number of benzene rings is 3.